The normalized spacial score (nSPS) is 22.0. The van der Waals surface area contributed by atoms with Gasteiger partial charge >= 0.3 is 0 Å². The maximum Gasteiger partial charge on any atom is 0.136 e. The number of carbonyl (C=O) groups excluding carboxylic acids is 1. The van der Waals surface area contributed by atoms with Gasteiger partial charge in [0.25, 0.3) is 0 Å². The molecule has 1 aliphatic heterocycles. The molecule has 0 bridgehead atoms. The molecule has 2 nitrogen and oxygen atoms in total. The number of nitrogens with zero attached hydrogens (tertiary/aromatic N) is 1. The molecule has 1 saturated heterocycles. The van der Waals surface area contributed by atoms with Crippen molar-refractivity contribution in [3.05, 3.63) is 6.92 Å². The predicted molar refractivity (Wildman–Crippen MR) is 45.2 cm³/mol. The third kappa shape index (κ3) is 2.29. The third-order valence-electron chi connectivity index (χ3n) is 2.42. The zero-order valence-electron chi connectivity index (χ0n) is 7.18. The van der Waals surface area contributed by atoms with Gasteiger partial charge in [-0.1, -0.05) is 0 Å². The molecule has 0 N–H and O–H groups in total. The van der Waals surface area contributed by atoms with E-state index in [-0.39, 0.29) is 0 Å². The molecule has 0 aromatic heterocycles. The Morgan fingerprint density at radius 3 is 2.55 bits per heavy atom. The summed E-state index contributed by atoms with van der Waals surface area (Å²) in [4.78, 5) is 13.5. The van der Waals surface area contributed by atoms with Crippen LogP contribution in [0.1, 0.15) is 19.3 Å². The first-order valence-electron chi connectivity index (χ1n) is 4.24. The fourth-order valence-corrected chi connectivity index (χ4v) is 1.53. The van der Waals surface area contributed by atoms with Gasteiger partial charge in [-0.25, -0.2) is 0 Å². The first-order valence-corrected chi connectivity index (χ1v) is 4.24. The Bertz CT molecular complexity index is 136. The summed E-state index contributed by atoms with van der Waals surface area (Å²) in [5.41, 5.74) is 0. The summed E-state index contributed by atoms with van der Waals surface area (Å²) in [5.74, 6) is 0.654. The summed E-state index contributed by atoms with van der Waals surface area (Å²) in [6.45, 7) is 5.75. The van der Waals surface area contributed by atoms with Gasteiger partial charge in [0.2, 0.25) is 0 Å². The van der Waals surface area contributed by atoms with Crippen molar-refractivity contribution in [1.29, 1.82) is 0 Å². The van der Waals surface area contributed by atoms with E-state index in [0.29, 0.717) is 18.1 Å². The smallest absolute Gasteiger partial charge is 0.136 e. The largest absolute Gasteiger partial charge is 0.306 e. The molecule has 11 heavy (non-hydrogen) atoms. The summed E-state index contributed by atoms with van der Waals surface area (Å²) < 4.78 is 0. The molecule has 63 valence electrons. The SMILES string of the molecule is [CH2]CC(=O)C1CCN(C)CC1. The highest BCUT2D eigenvalue weighted by Crippen LogP contribution is 2.17. The molecular formula is C9H16NO. The van der Waals surface area contributed by atoms with Crippen LogP contribution in [0.5, 0.6) is 0 Å². The molecule has 2 heteroatoms. The Balaban J connectivity index is 2.33. The third-order valence-corrected chi connectivity index (χ3v) is 2.42. The number of Topliss-reactive ketones (excluding diaryl/α,β-unsaturated/α-hetero) is 1. The Labute approximate surface area is 68.6 Å². The lowest BCUT2D eigenvalue weighted by Crippen LogP contribution is -2.33. The minimum atomic E-state index is 0.309. The molecule has 0 saturated carbocycles. The van der Waals surface area contributed by atoms with Gasteiger partial charge < -0.3 is 4.90 Å². The summed E-state index contributed by atoms with van der Waals surface area (Å²) in [5, 5.41) is 0. The van der Waals surface area contributed by atoms with Crippen molar-refractivity contribution in [2.45, 2.75) is 19.3 Å². The van der Waals surface area contributed by atoms with E-state index in [1.54, 1.807) is 0 Å². The molecule has 1 radical (unpaired) electrons. The van der Waals surface area contributed by atoms with E-state index in [4.69, 9.17) is 0 Å². The Morgan fingerprint density at radius 2 is 2.09 bits per heavy atom. The standard InChI is InChI=1S/C9H16NO/c1-3-9(11)8-4-6-10(2)7-5-8/h8H,1,3-7H2,2H3. The molecule has 0 amide bonds. The van der Waals surface area contributed by atoms with Gasteiger partial charge in [-0.15, -0.1) is 0 Å². The monoisotopic (exact) mass is 154 g/mol. The number of hydrogen-bond acceptors (Lipinski definition) is 2. The fourth-order valence-electron chi connectivity index (χ4n) is 1.53. The van der Waals surface area contributed by atoms with E-state index in [2.05, 4.69) is 18.9 Å². The highest BCUT2D eigenvalue weighted by Gasteiger charge is 2.21. The Morgan fingerprint density at radius 1 is 1.55 bits per heavy atom. The minimum Gasteiger partial charge on any atom is -0.306 e. The molecule has 0 unspecified atom stereocenters. The number of rotatable bonds is 2. The van der Waals surface area contributed by atoms with Gasteiger partial charge in [-0.2, -0.15) is 0 Å². The Kier molecular flexibility index (Phi) is 3.06. The van der Waals surface area contributed by atoms with E-state index in [9.17, 15) is 4.79 Å². The van der Waals surface area contributed by atoms with Gasteiger partial charge in [-0.05, 0) is 39.9 Å². The quantitative estimate of drug-likeness (QED) is 0.594. The number of carbonyl (C=O) groups is 1. The molecule has 0 atom stereocenters. The topological polar surface area (TPSA) is 20.3 Å². The van der Waals surface area contributed by atoms with Gasteiger partial charge in [-0.3, -0.25) is 4.79 Å². The zero-order valence-corrected chi connectivity index (χ0v) is 7.18. The van der Waals surface area contributed by atoms with Crippen LogP contribution in [-0.4, -0.2) is 30.8 Å². The van der Waals surface area contributed by atoms with Crippen LogP contribution >= 0.6 is 0 Å². The average molecular weight is 154 g/mol. The first kappa shape index (κ1) is 8.72. The zero-order chi connectivity index (χ0) is 8.27. The predicted octanol–water partition coefficient (Wildman–Crippen LogP) is 1.12. The number of hydrogen-bond donors (Lipinski definition) is 0. The van der Waals surface area contributed by atoms with Crippen LogP contribution in [0.3, 0.4) is 0 Å². The van der Waals surface area contributed by atoms with Crippen LogP contribution in [0, 0.1) is 12.8 Å². The van der Waals surface area contributed by atoms with Crippen LogP contribution in [0.25, 0.3) is 0 Å². The van der Waals surface area contributed by atoms with Crippen LogP contribution in [-0.2, 0) is 4.79 Å². The molecule has 0 spiro atoms. The van der Waals surface area contributed by atoms with Crippen molar-refractivity contribution >= 4 is 5.78 Å². The van der Waals surface area contributed by atoms with E-state index in [1.807, 2.05) is 0 Å². The molecule has 1 fully saturated rings. The van der Waals surface area contributed by atoms with Crippen molar-refractivity contribution < 1.29 is 4.79 Å². The highest BCUT2D eigenvalue weighted by atomic mass is 16.1. The molecule has 0 aromatic carbocycles. The second-order valence-corrected chi connectivity index (χ2v) is 3.29. The molecule has 1 heterocycles. The highest BCUT2D eigenvalue weighted by molar-refractivity contribution is 5.81. The lowest BCUT2D eigenvalue weighted by atomic mass is 9.92. The lowest BCUT2D eigenvalue weighted by molar-refractivity contribution is -0.123. The lowest BCUT2D eigenvalue weighted by Gasteiger charge is -2.27. The van der Waals surface area contributed by atoms with Gasteiger partial charge in [0.15, 0.2) is 0 Å². The minimum absolute atomic E-state index is 0.309. The van der Waals surface area contributed by atoms with Crippen molar-refractivity contribution in [3.63, 3.8) is 0 Å². The van der Waals surface area contributed by atoms with Crippen LogP contribution in [0.15, 0.2) is 0 Å². The molecular weight excluding hydrogens is 138 g/mol. The second kappa shape index (κ2) is 3.86. The van der Waals surface area contributed by atoms with Crippen molar-refractivity contribution in [3.8, 4) is 0 Å². The van der Waals surface area contributed by atoms with Crippen molar-refractivity contribution in [2.75, 3.05) is 20.1 Å². The number of piperidine rings is 1. The maximum atomic E-state index is 11.2. The summed E-state index contributed by atoms with van der Waals surface area (Å²) >= 11 is 0. The molecule has 1 aliphatic rings. The van der Waals surface area contributed by atoms with Gasteiger partial charge in [0.1, 0.15) is 5.78 Å². The van der Waals surface area contributed by atoms with E-state index >= 15 is 0 Å². The molecule has 0 aliphatic carbocycles. The second-order valence-electron chi connectivity index (χ2n) is 3.29. The van der Waals surface area contributed by atoms with Crippen LogP contribution in [0.4, 0.5) is 0 Å². The molecule has 0 aromatic rings. The van der Waals surface area contributed by atoms with Gasteiger partial charge in [0, 0.05) is 12.3 Å². The number of likely N-dealkylation sites (tertiary alicyclic amines) is 1. The van der Waals surface area contributed by atoms with Crippen LogP contribution < -0.4 is 0 Å². The summed E-state index contributed by atoms with van der Waals surface area (Å²) in [6.07, 6.45) is 2.53. The Hall–Kier alpha value is -0.370. The average Bonchev–Trinajstić information content (AvgIpc) is 2.05. The summed E-state index contributed by atoms with van der Waals surface area (Å²) in [6, 6.07) is 0. The fraction of sp³-hybridized carbons (Fsp3) is 0.778. The van der Waals surface area contributed by atoms with Gasteiger partial charge in [0.05, 0.1) is 0 Å². The molecule has 1 rings (SSSR count). The maximum absolute atomic E-state index is 11.2. The van der Waals surface area contributed by atoms with E-state index in [0.717, 1.165) is 25.9 Å². The van der Waals surface area contributed by atoms with Crippen molar-refractivity contribution in [2.24, 2.45) is 5.92 Å². The van der Waals surface area contributed by atoms with E-state index < -0.39 is 0 Å². The van der Waals surface area contributed by atoms with Crippen molar-refractivity contribution in [1.82, 2.24) is 4.90 Å². The number of ketones is 1. The first-order chi connectivity index (χ1) is 5.24. The van der Waals surface area contributed by atoms with Crippen LogP contribution in [0.2, 0.25) is 0 Å². The van der Waals surface area contributed by atoms with E-state index in [1.165, 1.54) is 0 Å². The summed E-state index contributed by atoms with van der Waals surface area (Å²) in [7, 11) is 2.10.